The fourth-order valence-electron chi connectivity index (χ4n) is 3.08. The highest BCUT2D eigenvalue weighted by Gasteiger charge is 2.24. The van der Waals surface area contributed by atoms with E-state index in [2.05, 4.69) is 27.5 Å². The van der Waals surface area contributed by atoms with E-state index in [9.17, 15) is 9.59 Å². The molecule has 26 heavy (non-hydrogen) atoms. The third-order valence-corrected chi connectivity index (χ3v) is 4.39. The van der Waals surface area contributed by atoms with Gasteiger partial charge in [0.15, 0.2) is 0 Å². The van der Waals surface area contributed by atoms with Crippen molar-refractivity contribution in [2.45, 2.75) is 45.6 Å². The number of rotatable bonds is 5. The summed E-state index contributed by atoms with van der Waals surface area (Å²) in [4.78, 5) is 33.5. The van der Waals surface area contributed by atoms with E-state index in [1.165, 1.54) is 0 Å². The Balaban J connectivity index is 1.81. The summed E-state index contributed by atoms with van der Waals surface area (Å²) in [5, 5.41) is 5.60. The molecule has 1 aliphatic rings. The van der Waals surface area contributed by atoms with Gasteiger partial charge in [-0.05, 0) is 44.4 Å². The number of aromatic nitrogens is 2. The Morgan fingerprint density at radius 2 is 2.15 bits per heavy atom. The molecule has 0 saturated carbocycles. The lowest BCUT2D eigenvalue weighted by atomic mass is 10.0. The van der Waals surface area contributed by atoms with Crippen molar-refractivity contribution in [3.05, 3.63) is 47.4 Å². The van der Waals surface area contributed by atoms with Crippen LogP contribution in [0.5, 0.6) is 0 Å². The summed E-state index contributed by atoms with van der Waals surface area (Å²) in [5.41, 5.74) is 3.11. The molecule has 2 aromatic rings. The van der Waals surface area contributed by atoms with Gasteiger partial charge in [0.05, 0.1) is 5.69 Å². The molecule has 6 heteroatoms. The van der Waals surface area contributed by atoms with Crippen LogP contribution in [0.3, 0.4) is 0 Å². The lowest BCUT2D eigenvalue weighted by Crippen LogP contribution is -2.50. The van der Waals surface area contributed by atoms with Gasteiger partial charge in [-0.3, -0.25) is 9.59 Å². The molecule has 0 aliphatic carbocycles. The molecule has 0 unspecified atom stereocenters. The third kappa shape index (κ3) is 4.25. The monoisotopic (exact) mass is 352 g/mol. The Kier molecular flexibility index (Phi) is 5.61. The van der Waals surface area contributed by atoms with E-state index in [0.29, 0.717) is 18.5 Å². The average molecular weight is 352 g/mol. The van der Waals surface area contributed by atoms with E-state index < -0.39 is 6.04 Å². The van der Waals surface area contributed by atoms with Crippen molar-refractivity contribution in [1.82, 2.24) is 20.6 Å². The van der Waals surface area contributed by atoms with E-state index in [0.717, 1.165) is 42.0 Å². The van der Waals surface area contributed by atoms with Crippen LogP contribution < -0.4 is 10.6 Å². The van der Waals surface area contributed by atoms with Gasteiger partial charge in [0.1, 0.15) is 11.9 Å². The molecule has 1 fully saturated rings. The highest BCUT2D eigenvalue weighted by molar-refractivity contribution is 5.98. The summed E-state index contributed by atoms with van der Waals surface area (Å²) < 4.78 is 0. The number of piperidine rings is 1. The van der Waals surface area contributed by atoms with Crippen molar-refractivity contribution in [2.75, 3.05) is 6.54 Å². The lowest BCUT2D eigenvalue weighted by Gasteiger charge is -2.22. The first kappa shape index (κ1) is 18.0. The topological polar surface area (TPSA) is 84.0 Å². The van der Waals surface area contributed by atoms with Crippen LogP contribution in [0.15, 0.2) is 30.3 Å². The van der Waals surface area contributed by atoms with Crippen LogP contribution in [-0.4, -0.2) is 34.4 Å². The molecule has 136 valence electrons. The normalized spacial score (nSPS) is 16.8. The Morgan fingerprint density at radius 1 is 1.31 bits per heavy atom. The molecule has 0 spiro atoms. The van der Waals surface area contributed by atoms with Crippen LogP contribution in [0.4, 0.5) is 0 Å². The highest BCUT2D eigenvalue weighted by atomic mass is 16.2. The average Bonchev–Trinajstić information content (AvgIpc) is 2.63. The number of carbonyl (C=O) groups is 2. The van der Waals surface area contributed by atoms with E-state index in [1.807, 2.05) is 31.2 Å². The van der Waals surface area contributed by atoms with Crippen LogP contribution in [0.1, 0.15) is 48.1 Å². The summed E-state index contributed by atoms with van der Waals surface area (Å²) in [6.07, 6.45) is 3.35. The Hall–Kier alpha value is -2.76. The standard InChI is InChI=1S/C20H24N4O2/c1-3-6-18-22-13(2)11-17(23-18)14-7-4-8-15(12-14)19(25)24-16-9-5-10-21-20(16)26/h4,7-8,11-12,16H,3,5-6,9-10H2,1-2H3,(H,21,26)(H,24,25)/t16-/m0/s1. The first-order valence-corrected chi connectivity index (χ1v) is 9.10. The maximum absolute atomic E-state index is 12.6. The maximum Gasteiger partial charge on any atom is 0.251 e. The zero-order valence-electron chi connectivity index (χ0n) is 15.2. The van der Waals surface area contributed by atoms with Gasteiger partial charge in [-0.1, -0.05) is 19.1 Å². The van der Waals surface area contributed by atoms with Gasteiger partial charge in [0.25, 0.3) is 5.91 Å². The van der Waals surface area contributed by atoms with Crippen molar-refractivity contribution < 1.29 is 9.59 Å². The summed E-state index contributed by atoms with van der Waals surface area (Å²) >= 11 is 0. The second kappa shape index (κ2) is 8.08. The number of nitrogens with one attached hydrogen (secondary N) is 2. The van der Waals surface area contributed by atoms with E-state index in [-0.39, 0.29) is 11.8 Å². The molecule has 1 aromatic carbocycles. The number of hydrogen-bond donors (Lipinski definition) is 2. The SMILES string of the molecule is CCCc1nc(C)cc(-c2cccc(C(=O)N[C@H]3CCCNC3=O)c2)n1. The lowest BCUT2D eigenvalue weighted by molar-refractivity contribution is -0.124. The van der Waals surface area contributed by atoms with Crippen LogP contribution in [0.2, 0.25) is 0 Å². The number of amides is 2. The number of benzene rings is 1. The molecule has 1 saturated heterocycles. The van der Waals surface area contributed by atoms with Crippen molar-refractivity contribution in [3.63, 3.8) is 0 Å². The van der Waals surface area contributed by atoms with Gasteiger partial charge in [-0.25, -0.2) is 9.97 Å². The number of aryl methyl sites for hydroxylation is 2. The molecule has 2 heterocycles. The Labute approximate surface area is 153 Å². The number of carbonyl (C=O) groups excluding carboxylic acids is 2. The summed E-state index contributed by atoms with van der Waals surface area (Å²) in [6.45, 7) is 4.72. The summed E-state index contributed by atoms with van der Waals surface area (Å²) in [6, 6.07) is 8.79. The first-order chi connectivity index (χ1) is 12.6. The molecule has 0 bridgehead atoms. The van der Waals surface area contributed by atoms with E-state index in [4.69, 9.17) is 0 Å². The third-order valence-electron chi connectivity index (χ3n) is 4.39. The van der Waals surface area contributed by atoms with Crippen molar-refractivity contribution in [1.29, 1.82) is 0 Å². The van der Waals surface area contributed by atoms with E-state index in [1.54, 1.807) is 6.07 Å². The largest absolute Gasteiger partial charge is 0.354 e. The maximum atomic E-state index is 12.6. The molecular formula is C20H24N4O2. The molecule has 1 aromatic heterocycles. The minimum atomic E-state index is -0.461. The Morgan fingerprint density at radius 3 is 2.92 bits per heavy atom. The molecular weight excluding hydrogens is 328 g/mol. The molecule has 2 amide bonds. The predicted octanol–water partition coefficient (Wildman–Crippen LogP) is 2.41. The summed E-state index contributed by atoms with van der Waals surface area (Å²) in [7, 11) is 0. The molecule has 1 atom stereocenters. The zero-order chi connectivity index (χ0) is 18.5. The summed E-state index contributed by atoms with van der Waals surface area (Å²) in [5.74, 6) is 0.459. The fourth-order valence-corrected chi connectivity index (χ4v) is 3.08. The minimum Gasteiger partial charge on any atom is -0.354 e. The van der Waals surface area contributed by atoms with Crippen molar-refractivity contribution in [3.8, 4) is 11.3 Å². The van der Waals surface area contributed by atoms with Crippen LogP contribution in [0.25, 0.3) is 11.3 Å². The molecule has 0 radical (unpaired) electrons. The minimum absolute atomic E-state index is 0.114. The fraction of sp³-hybridized carbons (Fsp3) is 0.400. The zero-order valence-corrected chi connectivity index (χ0v) is 15.2. The van der Waals surface area contributed by atoms with Crippen molar-refractivity contribution in [2.24, 2.45) is 0 Å². The van der Waals surface area contributed by atoms with Crippen molar-refractivity contribution >= 4 is 11.8 Å². The molecule has 6 nitrogen and oxygen atoms in total. The van der Waals surface area contributed by atoms with Gasteiger partial charge < -0.3 is 10.6 Å². The quantitative estimate of drug-likeness (QED) is 0.865. The predicted molar refractivity (Wildman–Crippen MR) is 99.7 cm³/mol. The second-order valence-electron chi connectivity index (χ2n) is 6.60. The van der Waals surface area contributed by atoms with Gasteiger partial charge >= 0.3 is 0 Å². The molecule has 1 aliphatic heterocycles. The van der Waals surface area contributed by atoms with E-state index >= 15 is 0 Å². The highest BCUT2D eigenvalue weighted by Crippen LogP contribution is 2.20. The van der Waals surface area contributed by atoms with Gasteiger partial charge in [0, 0.05) is 29.8 Å². The van der Waals surface area contributed by atoms with Crippen LogP contribution in [-0.2, 0) is 11.2 Å². The number of hydrogen-bond acceptors (Lipinski definition) is 4. The molecule has 3 rings (SSSR count). The van der Waals surface area contributed by atoms with Gasteiger partial charge in [0.2, 0.25) is 5.91 Å². The van der Waals surface area contributed by atoms with Crippen LogP contribution >= 0.6 is 0 Å². The van der Waals surface area contributed by atoms with Crippen LogP contribution in [0, 0.1) is 6.92 Å². The molecule has 2 N–H and O–H groups in total. The Bertz CT molecular complexity index is 819. The second-order valence-corrected chi connectivity index (χ2v) is 6.60. The smallest absolute Gasteiger partial charge is 0.251 e. The van der Waals surface area contributed by atoms with Gasteiger partial charge in [-0.15, -0.1) is 0 Å². The number of nitrogens with zero attached hydrogens (tertiary/aromatic N) is 2. The van der Waals surface area contributed by atoms with Gasteiger partial charge in [-0.2, -0.15) is 0 Å². The first-order valence-electron chi connectivity index (χ1n) is 9.10.